The summed E-state index contributed by atoms with van der Waals surface area (Å²) in [6, 6.07) is 11.0. The molecule has 2 aromatic rings. The van der Waals surface area contributed by atoms with Gasteiger partial charge in [-0.25, -0.2) is 8.42 Å². The van der Waals surface area contributed by atoms with E-state index in [0.29, 0.717) is 16.8 Å². The van der Waals surface area contributed by atoms with Crippen molar-refractivity contribution in [3.05, 3.63) is 58.1 Å². The van der Waals surface area contributed by atoms with Gasteiger partial charge >= 0.3 is 0 Å². The first kappa shape index (κ1) is 24.2. The molecule has 0 atom stereocenters. The van der Waals surface area contributed by atoms with E-state index < -0.39 is 10.0 Å². The van der Waals surface area contributed by atoms with E-state index in [1.165, 1.54) is 49.9 Å². The first-order valence-electron chi connectivity index (χ1n) is 10.2. The van der Waals surface area contributed by atoms with Crippen LogP contribution in [0.1, 0.15) is 31.2 Å². The highest BCUT2D eigenvalue weighted by molar-refractivity contribution is 7.99. The number of amides is 1. The van der Waals surface area contributed by atoms with Gasteiger partial charge in [-0.05, 0) is 50.1 Å². The molecule has 1 aliphatic carbocycles. The summed E-state index contributed by atoms with van der Waals surface area (Å²) in [4.78, 5) is 12.7. The standard InChI is InChI=1S/C22H26Cl2N2O3S2/c1-16-6-9-19(10-7-16)31(28,29)26(17-8-11-20(23)21(24)14-17)15-22(27)25-12-13-30-18-4-2-3-5-18/h6-11,14,18H,2-5,12-13,15H2,1H3,(H,25,27). The molecule has 0 aliphatic heterocycles. The van der Waals surface area contributed by atoms with Crippen LogP contribution in [0.2, 0.25) is 10.0 Å². The van der Waals surface area contributed by atoms with Crippen LogP contribution in [0.25, 0.3) is 0 Å². The molecule has 0 radical (unpaired) electrons. The van der Waals surface area contributed by atoms with Crippen molar-refractivity contribution in [2.75, 3.05) is 23.1 Å². The van der Waals surface area contributed by atoms with Gasteiger partial charge in [-0.15, -0.1) is 0 Å². The molecule has 1 N–H and O–H groups in total. The van der Waals surface area contributed by atoms with Crippen LogP contribution in [0.5, 0.6) is 0 Å². The Morgan fingerprint density at radius 3 is 2.42 bits per heavy atom. The Labute approximate surface area is 198 Å². The lowest BCUT2D eigenvalue weighted by molar-refractivity contribution is -0.119. The molecule has 1 amide bonds. The minimum atomic E-state index is -3.97. The molecule has 1 aliphatic rings. The summed E-state index contributed by atoms with van der Waals surface area (Å²) in [5.41, 5.74) is 1.22. The summed E-state index contributed by atoms with van der Waals surface area (Å²) < 4.78 is 27.8. The molecule has 0 bridgehead atoms. The number of nitrogens with zero attached hydrogens (tertiary/aromatic N) is 1. The average Bonchev–Trinajstić information content (AvgIpc) is 3.25. The molecular weight excluding hydrogens is 475 g/mol. The Hall–Kier alpha value is -1.41. The first-order chi connectivity index (χ1) is 14.8. The second kappa shape index (κ2) is 10.9. The zero-order valence-electron chi connectivity index (χ0n) is 17.3. The lowest BCUT2D eigenvalue weighted by Crippen LogP contribution is -2.41. The lowest BCUT2D eigenvalue weighted by atomic mass is 10.2. The number of hydrogen-bond donors (Lipinski definition) is 1. The Kier molecular flexibility index (Phi) is 8.56. The normalized spacial score (nSPS) is 14.5. The number of hydrogen-bond acceptors (Lipinski definition) is 4. The van der Waals surface area contributed by atoms with E-state index in [0.717, 1.165) is 15.6 Å². The van der Waals surface area contributed by atoms with Crippen LogP contribution in [-0.2, 0) is 14.8 Å². The van der Waals surface area contributed by atoms with Crippen LogP contribution in [0, 0.1) is 6.92 Å². The predicted molar refractivity (Wildman–Crippen MR) is 130 cm³/mol. The monoisotopic (exact) mass is 500 g/mol. The third kappa shape index (κ3) is 6.54. The van der Waals surface area contributed by atoms with Crippen molar-refractivity contribution in [1.29, 1.82) is 0 Å². The smallest absolute Gasteiger partial charge is 0.264 e. The number of carbonyl (C=O) groups excluding carboxylic acids is 1. The molecule has 0 heterocycles. The molecular formula is C22H26Cl2N2O3S2. The Morgan fingerprint density at radius 2 is 1.77 bits per heavy atom. The fourth-order valence-electron chi connectivity index (χ4n) is 3.45. The maximum atomic E-state index is 13.3. The van der Waals surface area contributed by atoms with Gasteiger partial charge in [0, 0.05) is 17.5 Å². The predicted octanol–water partition coefficient (Wildman–Crippen LogP) is 5.29. The van der Waals surface area contributed by atoms with Crippen molar-refractivity contribution in [2.45, 2.75) is 42.8 Å². The van der Waals surface area contributed by atoms with Gasteiger partial charge in [-0.1, -0.05) is 53.7 Å². The summed E-state index contributed by atoms with van der Waals surface area (Å²) in [5.74, 6) is 0.447. The van der Waals surface area contributed by atoms with Crippen molar-refractivity contribution in [1.82, 2.24) is 5.32 Å². The molecule has 31 heavy (non-hydrogen) atoms. The van der Waals surface area contributed by atoms with Gasteiger partial charge in [0.05, 0.1) is 20.6 Å². The molecule has 0 spiro atoms. The van der Waals surface area contributed by atoms with Crippen LogP contribution in [0.3, 0.4) is 0 Å². The number of halogens is 2. The molecule has 9 heteroatoms. The summed E-state index contributed by atoms with van der Waals surface area (Å²) in [5, 5.41) is 4.04. The maximum Gasteiger partial charge on any atom is 0.264 e. The van der Waals surface area contributed by atoms with E-state index in [9.17, 15) is 13.2 Å². The Bertz CT molecular complexity index is 1010. The van der Waals surface area contributed by atoms with E-state index in [1.807, 2.05) is 18.7 Å². The van der Waals surface area contributed by atoms with Crippen molar-refractivity contribution < 1.29 is 13.2 Å². The van der Waals surface area contributed by atoms with Gasteiger partial charge in [0.1, 0.15) is 6.54 Å². The van der Waals surface area contributed by atoms with E-state index in [4.69, 9.17) is 23.2 Å². The molecule has 0 saturated heterocycles. The molecule has 1 saturated carbocycles. The zero-order valence-corrected chi connectivity index (χ0v) is 20.5. The Morgan fingerprint density at radius 1 is 1.10 bits per heavy atom. The number of aryl methyl sites for hydroxylation is 1. The second-order valence-corrected chi connectivity index (χ2v) is 11.6. The van der Waals surface area contributed by atoms with E-state index in [2.05, 4.69) is 5.32 Å². The molecule has 0 unspecified atom stereocenters. The fourth-order valence-corrected chi connectivity index (χ4v) is 6.38. The van der Waals surface area contributed by atoms with E-state index >= 15 is 0 Å². The van der Waals surface area contributed by atoms with Crippen molar-refractivity contribution >= 4 is 56.6 Å². The molecule has 0 aromatic heterocycles. The summed E-state index contributed by atoms with van der Waals surface area (Å²) >= 11 is 14.0. The van der Waals surface area contributed by atoms with Gasteiger partial charge < -0.3 is 5.32 Å². The zero-order chi connectivity index (χ0) is 22.4. The minimum absolute atomic E-state index is 0.105. The summed E-state index contributed by atoms with van der Waals surface area (Å²) in [7, 11) is -3.97. The van der Waals surface area contributed by atoms with E-state index in [1.54, 1.807) is 18.2 Å². The number of thioether (sulfide) groups is 1. The number of carbonyl (C=O) groups is 1. The van der Waals surface area contributed by atoms with Crippen LogP contribution >= 0.6 is 35.0 Å². The number of nitrogens with one attached hydrogen (secondary N) is 1. The average molecular weight is 502 g/mol. The highest BCUT2D eigenvalue weighted by atomic mass is 35.5. The highest BCUT2D eigenvalue weighted by Crippen LogP contribution is 2.31. The maximum absolute atomic E-state index is 13.3. The number of rotatable bonds is 9. The molecule has 3 rings (SSSR count). The number of anilines is 1. The van der Waals surface area contributed by atoms with Crippen LogP contribution in [0.15, 0.2) is 47.4 Å². The van der Waals surface area contributed by atoms with Crippen molar-refractivity contribution in [2.24, 2.45) is 0 Å². The third-order valence-electron chi connectivity index (χ3n) is 5.17. The summed E-state index contributed by atoms with van der Waals surface area (Å²) in [6.45, 7) is 2.03. The molecule has 2 aromatic carbocycles. The fraction of sp³-hybridized carbons (Fsp3) is 0.409. The molecule has 1 fully saturated rings. The number of sulfonamides is 1. The largest absolute Gasteiger partial charge is 0.354 e. The molecule has 168 valence electrons. The van der Waals surface area contributed by atoms with Gasteiger partial charge in [-0.2, -0.15) is 11.8 Å². The van der Waals surface area contributed by atoms with Crippen LogP contribution in [-0.4, -0.2) is 38.4 Å². The third-order valence-corrected chi connectivity index (χ3v) is 9.08. The van der Waals surface area contributed by atoms with Gasteiger partial charge in [-0.3, -0.25) is 9.10 Å². The minimum Gasteiger partial charge on any atom is -0.354 e. The number of benzene rings is 2. The van der Waals surface area contributed by atoms with Crippen LogP contribution in [0.4, 0.5) is 5.69 Å². The van der Waals surface area contributed by atoms with E-state index in [-0.39, 0.29) is 28.1 Å². The Balaban J connectivity index is 1.74. The van der Waals surface area contributed by atoms with Crippen LogP contribution < -0.4 is 9.62 Å². The van der Waals surface area contributed by atoms with Crippen molar-refractivity contribution in [3.63, 3.8) is 0 Å². The topological polar surface area (TPSA) is 66.5 Å². The summed E-state index contributed by atoms with van der Waals surface area (Å²) in [6.07, 6.45) is 5.02. The van der Waals surface area contributed by atoms with Crippen molar-refractivity contribution in [3.8, 4) is 0 Å². The quantitative estimate of drug-likeness (QED) is 0.475. The van der Waals surface area contributed by atoms with Gasteiger partial charge in [0.25, 0.3) is 10.0 Å². The van der Waals surface area contributed by atoms with Gasteiger partial charge in [0.15, 0.2) is 0 Å². The lowest BCUT2D eigenvalue weighted by Gasteiger charge is -2.24. The van der Waals surface area contributed by atoms with Gasteiger partial charge in [0.2, 0.25) is 5.91 Å². The SMILES string of the molecule is Cc1ccc(S(=O)(=O)N(CC(=O)NCCSC2CCCC2)c2ccc(Cl)c(Cl)c2)cc1. The second-order valence-electron chi connectivity index (χ2n) is 7.55. The highest BCUT2D eigenvalue weighted by Gasteiger charge is 2.27. The molecule has 5 nitrogen and oxygen atoms in total. The first-order valence-corrected chi connectivity index (χ1v) is 13.4.